The minimum Gasteiger partial charge on any atom is -0.486 e. The van der Waals surface area contributed by atoms with Crippen molar-refractivity contribution in [1.82, 2.24) is 4.31 Å². The summed E-state index contributed by atoms with van der Waals surface area (Å²) in [6.07, 6.45) is 1.24. The van der Waals surface area contributed by atoms with Crippen LogP contribution in [0.25, 0.3) is 0 Å². The average Bonchev–Trinajstić information content (AvgIpc) is 2.62. The highest BCUT2D eigenvalue weighted by Crippen LogP contribution is 2.40. The summed E-state index contributed by atoms with van der Waals surface area (Å²) in [4.78, 5) is 12.5. The Labute approximate surface area is 163 Å². The van der Waals surface area contributed by atoms with Crippen molar-refractivity contribution in [3.8, 4) is 5.75 Å². The number of halogens is 1. The van der Waals surface area contributed by atoms with Crippen molar-refractivity contribution in [1.29, 1.82) is 0 Å². The molecule has 0 aromatic heterocycles. The molecule has 4 rings (SSSR count). The van der Waals surface area contributed by atoms with Crippen molar-refractivity contribution >= 4 is 27.4 Å². The van der Waals surface area contributed by atoms with Gasteiger partial charge in [-0.1, -0.05) is 41.9 Å². The molecule has 2 aromatic rings. The van der Waals surface area contributed by atoms with E-state index in [1.165, 1.54) is 4.31 Å². The molecule has 27 heavy (non-hydrogen) atoms. The van der Waals surface area contributed by atoms with Crippen molar-refractivity contribution in [2.24, 2.45) is 0 Å². The Balaban J connectivity index is 1.48. The van der Waals surface area contributed by atoms with Crippen LogP contribution >= 0.6 is 11.6 Å². The van der Waals surface area contributed by atoms with Crippen LogP contribution in [0.4, 0.5) is 0 Å². The van der Waals surface area contributed by atoms with E-state index in [0.29, 0.717) is 42.3 Å². The molecule has 0 aliphatic carbocycles. The fraction of sp³-hybridized carbons (Fsp3) is 0.350. The lowest BCUT2D eigenvalue weighted by Crippen LogP contribution is -2.52. The molecule has 142 valence electrons. The summed E-state index contributed by atoms with van der Waals surface area (Å²) in [5, 5.41) is 0.515. The first kappa shape index (κ1) is 18.5. The van der Waals surface area contributed by atoms with E-state index in [-0.39, 0.29) is 18.0 Å². The summed E-state index contributed by atoms with van der Waals surface area (Å²) >= 11 is 6.03. The highest BCUT2D eigenvalue weighted by Gasteiger charge is 2.44. The molecule has 2 heterocycles. The number of sulfonamides is 1. The summed E-state index contributed by atoms with van der Waals surface area (Å²) in [5.41, 5.74) is 0.669. The van der Waals surface area contributed by atoms with Crippen LogP contribution in [-0.4, -0.2) is 37.2 Å². The molecule has 0 N–H and O–H groups in total. The molecule has 1 fully saturated rings. The van der Waals surface area contributed by atoms with Gasteiger partial charge in [0.15, 0.2) is 5.78 Å². The predicted octanol–water partition coefficient (Wildman–Crippen LogP) is 3.67. The molecule has 2 aromatic carbocycles. The van der Waals surface area contributed by atoms with E-state index in [1.54, 1.807) is 18.2 Å². The number of carbonyl (C=O) groups is 1. The third-order valence-electron chi connectivity index (χ3n) is 5.27. The van der Waals surface area contributed by atoms with E-state index in [4.69, 9.17) is 16.3 Å². The van der Waals surface area contributed by atoms with E-state index in [0.717, 1.165) is 5.56 Å². The van der Waals surface area contributed by atoms with Gasteiger partial charge in [0.2, 0.25) is 10.0 Å². The number of carbonyl (C=O) groups excluding carboxylic acids is 1. The Hall–Kier alpha value is -1.89. The van der Waals surface area contributed by atoms with Crippen LogP contribution in [0.15, 0.2) is 48.5 Å². The number of ether oxygens (including phenoxy) is 1. The van der Waals surface area contributed by atoms with E-state index in [2.05, 4.69) is 0 Å². The molecule has 0 atom stereocenters. The second kappa shape index (κ2) is 6.93. The SMILES string of the molecule is O=C1CC2(CCN(S(=O)(=O)Cc3ccccc3)CC2)Oc2cc(Cl)ccc21. The fourth-order valence-electron chi connectivity index (χ4n) is 3.80. The molecule has 2 aliphatic heterocycles. The number of ketones is 1. The summed E-state index contributed by atoms with van der Waals surface area (Å²) in [6.45, 7) is 0.691. The second-order valence-corrected chi connectivity index (χ2v) is 9.57. The maximum atomic E-state index is 12.7. The zero-order valence-corrected chi connectivity index (χ0v) is 16.3. The van der Waals surface area contributed by atoms with Crippen molar-refractivity contribution in [2.75, 3.05) is 13.1 Å². The molecule has 0 bridgehead atoms. The number of benzene rings is 2. The van der Waals surface area contributed by atoms with Gasteiger partial charge >= 0.3 is 0 Å². The molecule has 1 saturated heterocycles. The van der Waals surface area contributed by atoms with Crippen LogP contribution in [0.1, 0.15) is 35.2 Å². The van der Waals surface area contributed by atoms with Gasteiger partial charge in [-0.3, -0.25) is 4.79 Å². The molecule has 0 radical (unpaired) electrons. The van der Waals surface area contributed by atoms with Gasteiger partial charge in [0.1, 0.15) is 11.4 Å². The van der Waals surface area contributed by atoms with Crippen LogP contribution < -0.4 is 4.74 Å². The Bertz CT molecular complexity index is 967. The van der Waals surface area contributed by atoms with Gasteiger partial charge in [0, 0.05) is 31.0 Å². The third-order valence-corrected chi connectivity index (χ3v) is 7.36. The van der Waals surface area contributed by atoms with Gasteiger partial charge in [-0.2, -0.15) is 0 Å². The van der Waals surface area contributed by atoms with Crippen LogP contribution in [-0.2, 0) is 15.8 Å². The van der Waals surface area contributed by atoms with Gasteiger partial charge < -0.3 is 4.74 Å². The maximum absolute atomic E-state index is 12.7. The van der Waals surface area contributed by atoms with Crippen LogP contribution in [0.3, 0.4) is 0 Å². The van der Waals surface area contributed by atoms with Crippen molar-refractivity contribution in [3.05, 3.63) is 64.7 Å². The van der Waals surface area contributed by atoms with Crippen molar-refractivity contribution < 1.29 is 17.9 Å². The lowest BCUT2D eigenvalue weighted by Gasteiger charge is -2.43. The second-order valence-electron chi connectivity index (χ2n) is 7.17. The van der Waals surface area contributed by atoms with E-state index >= 15 is 0 Å². The summed E-state index contributed by atoms with van der Waals surface area (Å²) in [6, 6.07) is 14.2. The van der Waals surface area contributed by atoms with Crippen molar-refractivity contribution in [3.63, 3.8) is 0 Å². The zero-order chi connectivity index (χ0) is 19.1. The number of nitrogens with zero attached hydrogens (tertiary/aromatic N) is 1. The molecule has 1 spiro atoms. The van der Waals surface area contributed by atoms with Crippen LogP contribution in [0.2, 0.25) is 5.02 Å². The Morgan fingerprint density at radius 1 is 1.07 bits per heavy atom. The first-order valence-corrected chi connectivity index (χ1v) is 10.9. The quantitative estimate of drug-likeness (QED) is 0.781. The van der Waals surface area contributed by atoms with Gasteiger partial charge in [-0.05, 0) is 23.8 Å². The topological polar surface area (TPSA) is 63.7 Å². The van der Waals surface area contributed by atoms with Gasteiger partial charge in [0.05, 0.1) is 17.7 Å². The first-order chi connectivity index (χ1) is 12.9. The van der Waals surface area contributed by atoms with Crippen LogP contribution in [0, 0.1) is 0 Å². The zero-order valence-electron chi connectivity index (χ0n) is 14.7. The molecule has 0 unspecified atom stereocenters. The average molecular weight is 406 g/mol. The number of rotatable bonds is 3. The number of fused-ring (bicyclic) bond motifs is 1. The minimum absolute atomic E-state index is 0.0148. The molecule has 0 amide bonds. The smallest absolute Gasteiger partial charge is 0.218 e. The highest BCUT2D eigenvalue weighted by molar-refractivity contribution is 7.88. The number of piperidine rings is 1. The molecule has 0 saturated carbocycles. The van der Waals surface area contributed by atoms with E-state index < -0.39 is 15.6 Å². The van der Waals surface area contributed by atoms with Gasteiger partial charge in [-0.25, -0.2) is 12.7 Å². The number of hydrogen-bond donors (Lipinski definition) is 0. The molecule has 7 heteroatoms. The highest BCUT2D eigenvalue weighted by atomic mass is 35.5. The number of hydrogen-bond acceptors (Lipinski definition) is 4. The van der Waals surface area contributed by atoms with Gasteiger partial charge in [-0.15, -0.1) is 0 Å². The Morgan fingerprint density at radius 2 is 1.78 bits per heavy atom. The Morgan fingerprint density at radius 3 is 2.48 bits per heavy atom. The predicted molar refractivity (Wildman–Crippen MR) is 104 cm³/mol. The van der Waals surface area contributed by atoms with E-state index in [1.807, 2.05) is 30.3 Å². The Kier molecular flexibility index (Phi) is 4.74. The summed E-state index contributed by atoms with van der Waals surface area (Å²) in [7, 11) is -3.40. The maximum Gasteiger partial charge on any atom is 0.218 e. The largest absolute Gasteiger partial charge is 0.486 e. The monoisotopic (exact) mass is 405 g/mol. The minimum atomic E-state index is -3.40. The third kappa shape index (κ3) is 3.74. The van der Waals surface area contributed by atoms with Gasteiger partial charge in [0.25, 0.3) is 0 Å². The normalized spacial score (nSPS) is 19.5. The summed E-state index contributed by atoms with van der Waals surface area (Å²) in [5.74, 6) is 0.506. The molecular formula is C20H20ClNO4S. The standard InChI is InChI=1S/C20H20ClNO4S/c21-16-6-7-17-18(23)13-20(26-19(17)12-16)8-10-22(11-9-20)27(24,25)14-15-4-2-1-3-5-15/h1-7,12H,8-11,13-14H2. The van der Waals surface area contributed by atoms with E-state index in [9.17, 15) is 13.2 Å². The lowest BCUT2D eigenvalue weighted by molar-refractivity contribution is 0.00591. The fourth-order valence-corrected chi connectivity index (χ4v) is 5.49. The van der Waals surface area contributed by atoms with Crippen LogP contribution in [0.5, 0.6) is 5.75 Å². The molecule has 2 aliphatic rings. The molecular weight excluding hydrogens is 386 g/mol. The first-order valence-electron chi connectivity index (χ1n) is 8.90. The lowest BCUT2D eigenvalue weighted by atomic mass is 9.83. The molecule has 5 nitrogen and oxygen atoms in total. The van der Waals surface area contributed by atoms with Crippen molar-refractivity contribution in [2.45, 2.75) is 30.6 Å². The summed E-state index contributed by atoms with van der Waals surface area (Å²) < 4.78 is 33.1. The number of Topliss-reactive ketones (excluding diaryl/α,β-unsaturated/α-hetero) is 1.